The van der Waals surface area contributed by atoms with E-state index in [4.69, 9.17) is 5.26 Å². The number of halogens is 3. The van der Waals surface area contributed by atoms with E-state index < -0.39 is 44.0 Å². The van der Waals surface area contributed by atoms with Gasteiger partial charge in [-0.2, -0.15) is 23.1 Å². The zero-order valence-corrected chi connectivity index (χ0v) is 18.4. The predicted octanol–water partition coefficient (Wildman–Crippen LogP) is 2.76. The van der Waals surface area contributed by atoms with Crippen molar-refractivity contribution < 1.29 is 26.4 Å². The normalized spacial score (nSPS) is 12.8. The molecule has 13 heteroatoms. The first kappa shape index (κ1) is 23.9. The SMILES string of the molecule is Cc1nc([C@H](C)NC(=O)c2cc(C(F)(F)F)cc(S(C)(=O)=O)c2)n(-c2ccc(C#N)cn2)n1. The lowest BCUT2D eigenvalue weighted by Gasteiger charge is -2.16. The van der Waals surface area contributed by atoms with Crippen LogP contribution >= 0.6 is 0 Å². The molecule has 1 aromatic carbocycles. The lowest BCUT2D eigenvalue weighted by atomic mass is 10.1. The topological polar surface area (TPSA) is 131 Å². The number of hydrogen-bond donors (Lipinski definition) is 1. The molecule has 33 heavy (non-hydrogen) atoms. The molecule has 3 rings (SSSR count). The van der Waals surface area contributed by atoms with E-state index >= 15 is 0 Å². The number of rotatable bonds is 5. The zero-order chi connectivity index (χ0) is 24.6. The summed E-state index contributed by atoms with van der Waals surface area (Å²) in [7, 11) is -4.01. The molecule has 0 aliphatic rings. The Balaban J connectivity index is 1.95. The molecule has 0 saturated heterocycles. The van der Waals surface area contributed by atoms with Gasteiger partial charge in [-0.15, -0.1) is 5.10 Å². The number of sulfone groups is 1. The number of benzene rings is 1. The number of aromatic nitrogens is 4. The Morgan fingerprint density at radius 3 is 2.48 bits per heavy atom. The summed E-state index contributed by atoms with van der Waals surface area (Å²) in [5.41, 5.74) is -1.41. The van der Waals surface area contributed by atoms with E-state index in [9.17, 15) is 26.4 Å². The first-order chi connectivity index (χ1) is 15.3. The van der Waals surface area contributed by atoms with Crippen LogP contribution in [0.2, 0.25) is 0 Å². The summed E-state index contributed by atoms with van der Waals surface area (Å²) in [6, 6.07) is 6.07. The fourth-order valence-electron chi connectivity index (χ4n) is 2.91. The van der Waals surface area contributed by atoms with Crippen LogP contribution in [-0.4, -0.2) is 40.3 Å². The summed E-state index contributed by atoms with van der Waals surface area (Å²) in [5, 5.41) is 15.6. The Morgan fingerprint density at radius 1 is 1.24 bits per heavy atom. The Hall–Kier alpha value is -3.79. The standard InChI is InChI=1S/C20H17F3N6O3S/c1-11(18-27-12(2)28-29(18)17-5-4-13(9-24)10-25-17)26-19(30)14-6-15(20(21,22)23)8-16(7-14)33(3,31)32/h4-8,10-11H,1-3H3,(H,26,30)/t11-/m0/s1. The van der Waals surface area contributed by atoms with Gasteiger partial charge in [0.15, 0.2) is 21.5 Å². The highest BCUT2D eigenvalue weighted by molar-refractivity contribution is 7.90. The summed E-state index contributed by atoms with van der Waals surface area (Å²) in [6.45, 7) is 3.13. The van der Waals surface area contributed by atoms with Crippen LogP contribution in [0.25, 0.3) is 5.82 Å². The van der Waals surface area contributed by atoms with Crippen molar-refractivity contribution in [3.8, 4) is 11.9 Å². The highest BCUT2D eigenvalue weighted by Gasteiger charge is 2.33. The molecule has 0 saturated carbocycles. The van der Waals surface area contributed by atoms with E-state index in [1.807, 2.05) is 6.07 Å². The van der Waals surface area contributed by atoms with E-state index in [1.54, 1.807) is 6.92 Å². The van der Waals surface area contributed by atoms with E-state index in [2.05, 4.69) is 20.4 Å². The van der Waals surface area contributed by atoms with Gasteiger partial charge in [-0.05, 0) is 44.2 Å². The molecule has 0 fully saturated rings. The minimum Gasteiger partial charge on any atom is -0.342 e. The maximum Gasteiger partial charge on any atom is 0.416 e. The Morgan fingerprint density at radius 2 is 1.94 bits per heavy atom. The molecule has 1 amide bonds. The molecule has 172 valence electrons. The second-order valence-corrected chi connectivity index (χ2v) is 9.17. The van der Waals surface area contributed by atoms with E-state index in [1.165, 1.54) is 29.9 Å². The van der Waals surface area contributed by atoms with E-state index in [0.29, 0.717) is 29.3 Å². The first-order valence-corrected chi connectivity index (χ1v) is 11.2. The van der Waals surface area contributed by atoms with Crippen molar-refractivity contribution in [3.63, 3.8) is 0 Å². The smallest absolute Gasteiger partial charge is 0.342 e. The lowest BCUT2D eigenvalue weighted by Crippen LogP contribution is -2.29. The predicted molar refractivity (Wildman–Crippen MR) is 109 cm³/mol. The number of alkyl halides is 3. The van der Waals surface area contributed by atoms with Crippen LogP contribution in [0.4, 0.5) is 13.2 Å². The van der Waals surface area contributed by atoms with E-state index in [0.717, 1.165) is 12.3 Å². The molecule has 0 spiro atoms. The highest BCUT2D eigenvalue weighted by Crippen LogP contribution is 2.32. The molecule has 1 N–H and O–H groups in total. The monoisotopic (exact) mass is 478 g/mol. The summed E-state index contributed by atoms with van der Waals surface area (Å²) in [4.78, 5) is 20.5. The fourth-order valence-corrected chi connectivity index (χ4v) is 3.59. The third kappa shape index (κ3) is 5.35. The summed E-state index contributed by atoms with van der Waals surface area (Å²) in [5.74, 6) is -0.0494. The molecule has 0 bridgehead atoms. The van der Waals surface area contributed by atoms with Crippen LogP contribution in [0, 0.1) is 18.3 Å². The minimum atomic E-state index is -4.85. The fraction of sp³-hybridized carbons (Fsp3) is 0.250. The molecule has 2 aromatic heterocycles. The van der Waals surface area contributed by atoms with Gasteiger partial charge in [0.1, 0.15) is 11.9 Å². The lowest BCUT2D eigenvalue weighted by molar-refractivity contribution is -0.137. The number of pyridine rings is 1. The Bertz CT molecular complexity index is 1360. The molecule has 2 heterocycles. The molecule has 9 nitrogen and oxygen atoms in total. The van der Waals surface area contributed by atoms with Crippen molar-refractivity contribution in [1.82, 2.24) is 25.1 Å². The zero-order valence-electron chi connectivity index (χ0n) is 17.5. The van der Waals surface area contributed by atoms with Crippen molar-refractivity contribution >= 4 is 15.7 Å². The number of nitriles is 1. The maximum atomic E-state index is 13.2. The van der Waals surface area contributed by atoms with Crippen LogP contribution < -0.4 is 5.32 Å². The number of carbonyl (C=O) groups excluding carboxylic acids is 1. The first-order valence-electron chi connectivity index (χ1n) is 9.33. The van der Waals surface area contributed by atoms with Crippen molar-refractivity contribution in [2.75, 3.05) is 6.26 Å². The van der Waals surface area contributed by atoms with Gasteiger partial charge in [-0.25, -0.2) is 18.4 Å². The molecule has 0 aliphatic carbocycles. The Kier molecular flexibility index (Phi) is 6.24. The van der Waals surface area contributed by atoms with Gasteiger partial charge in [0.2, 0.25) is 0 Å². The van der Waals surface area contributed by atoms with Crippen LogP contribution in [0.5, 0.6) is 0 Å². The number of carbonyl (C=O) groups is 1. The van der Waals surface area contributed by atoms with Crippen molar-refractivity contribution in [2.24, 2.45) is 0 Å². The second-order valence-electron chi connectivity index (χ2n) is 7.16. The van der Waals surface area contributed by atoms with Gasteiger partial charge in [-0.1, -0.05) is 0 Å². The third-order valence-electron chi connectivity index (χ3n) is 4.49. The van der Waals surface area contributed by atoms with Crippen LogP contribution in [0.3, 0.4) is 0 Å². The summed E-state index contributed by atoms with van der Waals surface area (Å²) >= 11 is 0. The minimum absolute atomic E-state index is 0.230. The highest BCUT2D eigenvalue weighted by atomic mass is 32.2. The molecule has 1 atom stereocenters. The molecule has 3 aromatic rings. The number of aryl methyl sites for hydroxylation is 1. The second kappa shape index (κ2) is 8.62. The van der Waals surface area contributed by atoms with Crippen molar-refractivity contribution in [1.29, 1.82) is 5.26 Å². The molecule has 0 unspecified atom stereocenters. The van der Waals surface area contributed by atoms with Gasteiger partial charge in [-0.3, -0.25) is 4.79 Å². The van der Waals surface area contributed by atoms with Gasteiger partial charge in [0.25, 0.3) is 5.91 Å². The third-order valence-corrected chi connectivity index (χ3v) is 5.58. The maximum absolute atomic E-state index is 13.2. The summed E-state index contributed by atoms with van der Waals surface area (Å²) in [6.07, 6.45) is -2.77. The molecule has 0 radical (unpaired) electrons. The Labute approximate surface area is 186 Å². The van der Waals surface area contributed by atoms with Crippen LogP contribution in [0.1, 0.15) is 46.1 Å². The van der Waals surface area contributed by atoms with Crippen molar-refractivity contribution in [3.05, 3.63) is 64.9 Å². The average molecular weight is 478 g/mol. The van der Waals surface area contributed by atoms with Gasteiger partial charge in [0.05, 0.1) is 22.1 Å². The summed E-state index contributed by atoms with van der Waals surface area (Å²) < 4.78 is 64.7. The number of hydrogen-bond acceptors (Lipinski definition) is 7. The van der Waals surface area contributed by atoms with Crippen LogP contribution in [0.15, 0.2) is 41.4 Å². The molecule has 0 aliphatic heterocycles. The van der Waals surface area contributed by atoms with Gasteiger partial charge < -0.3 is 5.32 Å². The van der Waals surface area contributed by atoms with E-state index in [-0.39, 0.29) is 5.82 Å². The largest absolute Gasteiger partial charge is 0.416 e. The molecular weight excluding hydrogens is 461 g/mol. The van der Waals surface area contributed by atoms with Gasteiger partial charge in [0, 0.05) is 18.0 Å². The quantitative estimate of drug-likeness (QED) is 0.597. The molecular formula is C20H17F3N6O3S. The van der Waals surface area contributed by atoms with Crippen LogP contribution in [-0.2, 0) is 16.0 Å². The van der Waals surface area contributed by atoms with Crippen molar-refractivity contribution in [2.45, 2.75) is 31.0 Å². The average Bonchev–Trinajstić information content (AvgIpc) is 3.14. The number of nitrogens with zero attached hydrogens (tertiary/aromatic N) is 5. The number of amides is 1. The van der Waals surface area contributed by atoms with Gasteiger partial charge >= 0.3 is 6.18 Å². The number of nitrogens with one attached hydrogen (secondary N) is 1.